The molecule has 0 aliphatic rings. The molecule has 0 heterocycles. The van der Waals surface area contributed by atoms with E-state index in [1.54, 1.807) is 24.0 Å². The number of nitrogens with zero attached hydrogens (tertiary/aromatic N) is 2. The van der Waals surface area contributed by atoms with E-state index in [0.717, 1.165) is 5.56 Å². The van der Waals surface area contributed by atoms with Crippen molar-refractivity contribution < 1.29 is 9.90 Å². The Labute approximate surface area is 107 Å². The lowest BCUT2D eigenvalue weighted by molar-refractivity contribution is 0.0749. The number of carbonyl (C=O) groups excluding carboxylic acids is 1. The topological polar surface area (TPSA) is 64.3 Å². The summed E-state index contributed by atoms with van der Waals surface area (Å²) in [5.41, 5.74) is 1.21. The zero-order chi connectivity index (χ0) is 13.7. The van der Waals surface area contributed by atoms with E-state index in [2.05, 4.69) is 6.07 Å². The van der Waals surface area contributed by atoms with Crippen LogP contribution in [0.25, 0.3) is 0 Å². The summed E-state index contributed by atoms with van der Waals surface area (Å²) in [6.45, 7) is 6.38. The van der Waals surface area contributed by atoms with Gasteiger partial charge in [0, 0.05) is 13.1 Å². The first-order valence-electron chi connectivity index (χ1n) is 5.98. The van der Waals surface area contributed by atoms with E-state index < -0.39 is 0 Å². The SMILES string of the molecule is CCN(CC(C)C#N)C(=O)c1cc(C)ccc1O. The molecule has 1 aromatic carbocycles. The molecule has 0 aliphatic carbocycles. The van der Waals surface area contributed by atoms with Crippen LogP contribution in [0, 0.1) is 24.2 Å². The average Bonchev–Trinajstić information content (AvgIpc) is 2.37. The predicted octanol–water partition coefficient (Wildman–Crippen LogP) is 2.32. The molecule has 0 saturated carbocycles. The van der Waals surface area contributed by atoms with Crippen molar-refractivity contribution in [3.63, 3.8) is 0 Å². The summed E-state index contributed by atoms with van der Waals surface area (Å²) in [5, 5.41) is 18.5. The predicted molar refractivity (Wildman–Crippen MR) is 69.2 cm³/mol. The minimum Gasteiger partial charge on any atom is -0.507 e. The molecule has 0 aliphatic heterocycles. The lowest BCUT2D eigenvalue weighted by Crippen LogP contribution is -2.34. The van der Waals surface area contributed by atoms with E-state index in [1.807, 2.05) is 13.8 Å². The number of hydrogen-bond acceptors (Lipinski definition) is 3. The normalized spacial score (nSPS) is 11.7. The van der Waals surface area contributed by atoms with Crippen molar-refractivity contribution in [3.05, 3.63) is 29.3 Å². The Morgan fingerprint density at radius 2 is 2.22 bits per heavy atom. The Hall–Kier alpha value is -2.02. The molecule has 0 saturated heterocycles. The molecule has 0 aromatic heterocycles. The monoisotopic (exact) mass is 246 g/mol. The van der Waals surface area contributed by atoms with Crippen LogP contribution in [0.4, 0.5) is 0 Å². The van der Waals surface area contributed by atoms with E-state index in [0.29, 0.717) is 18.7 Å². The number of hydrogen-bond donors (Lipinski definition) is 1. The number of amides is 1. The van der Waals surface area contributed by atoms with Crippen molar-refractivity contribution in [2.45, 2.75) is 20.8 Å². The van der Waals surface area contributed by atoms with Gasteiger partial charge < -0.3 is 10.0 Å². The molecular weight excluding hydrogens is 228 g/mol. The van der Waals surface area contributed by atoms with Gasteiger partial charge in [-0.2, -0.15) is 5.26 Å². The molecule has 1 N–H and O–H groups in total. The van der Waals surface area contributed by atoms with E-state index in [-0.39, 0.29) is 17.6 Å². The van der Waals surface area contributed by atoms with Crippen LogP contribution in [0.15, 0.2) is 18.2 Å². The fourth-order valence-electron chi connectivity index (χ4n) is 1.72. The number of phenolic OH excluding ortho intramolecular Hbond substituents is 1. The minimum atomic E-state index is -0.235. The highest BCUT2D eigenvalue weighted by molar-refractivity contribution is 5.97. The van der Waals surface area contributed by atoms with Crippen molar-refractivity contribution in [1.29, 1.82) is 5.26 Å². The maximum atomic E-state index is 12.3. The lowest BCUT2D eigenvalue weighted by Gasteiger charge is -2.22. The summed E-state index contributed by atoms with van der Waals surface area (Å²) < 4.78 is 0. The Morgan fingerprint density at radius 1 is 1.56 bits per heavy atom. The van der Waals surface area contributed by atoms with Crippen molar-refractivity contribution in [3.8, 4) is 11.8 Å². The third-order valence-corrected chi connectivity index (χ3v) is 2.77. The molecule has 1 unspecified atom stereocenters. The number of benzene rings is 1. The average molecular weight is 246 g/mol. The summed E-state index contributed by atoms with van der Waals surface area (Å²) in [6, 6.07) is 7.04. The van der Waals surface area contributed by atoms with E-state index >= 15 is 0 Å². The molecule has 0 spiro atoms. The van der Waals surface area contributed by atoms with Gasteiger partial charge in [0.15, 0.2) is 0 Å². The third-order valence-electron chi connectivity index (χ3n) is 2.77. The largest absolute Gasteiger partial charge is 0.507 e. The van der Waals surface area contributed by atoms with Gasteiger partial charge in [-0.3, -0.25) is 4.79 Å². The van der Waals surface area contributed by atoms with Crippen LogP contribution in [0.2, 0.25) is 0 Å². The molecule has 0 fully saturated rings. The highest BCUT2D eigenvalue weighted by Gasteiger charge is 2.19. The number of aryl methyl sites for hydroxylation is 1. The van der Waals surface area contributed by atoms with Gasteiger partial charge in [0.1, 0.15) is 5.75 Å². The second-order valence-corrected chi connectivity index (χ2v) is 4.39. The maximum absolute atomic E-state index is 12.3. The number of aromatic hydroxyl groups is 1. The van der Waals surface area contributed by atoms with Crippen LogP contribution in [-0.4, -0.2) is 29.0 Å². The number of carbonyl (C=O) groups is 1. The quantitative estimate of drug-likeness (QED) is 0.886. The molecule has 0 radical (unpaired) electrons. The molecule has 1 aromatic rings. The van der Waals surface area contributed by atoms with Crippen molar-refractivity contribution in [2.24, 2.45) is 5.92 Å². The van der Waals surface area contributed by atoms with Gasteiger partial charge in [0.05, 0.1) is 17.6 Å². The molecule has 1 atom stereocenters. The Morgan fingerprint density at radius 3 is 2.78 bits per heavy atom. The number of phenols is 1. The zero-order valence-corrected chi connectivity index (χ0v) is 11.0. The van der Waals surface area contributed by atoms with Crippen LogP contribution >= 0.6 is 0 Å². The van der Waals surface area contributed by atoms with Gasteiger partial charge in [-0.15, -0.1) is 0 Å². The first-order chi connectivity index (χ1) is 8.49. The van der Waals surface area contributed by atoms with Gasteiger partial charge in [0.25, 0.3) is 5.91 Å². The molecule has 1 amide bonds. The van der Waals surface area contributed by atoms with Gasteiger partial charge in [-0.05, 0) is 32.9 Å². The van der Waals surface area contributed by atoms with Crippen LogP contribution < -0.4 is 0 Å². The van der Waals surface area contributed by atoms with Crippen molar-refractivity contribution in [2.75, 3.05) is 13.1 Å². The first kappa shape index (κ1) is 14.0. The summed E-state index contributed by atoms with van der Waals surface area (Å²) in [6.07, 6.45) is 0. The maximum Gasteiger partial charge on any atom is 0.257 e. The van der Waals surface area contributed by atoms with Gasteiger partial charge in [0.2, 0.25) is 0 Å². The van der Waals surface area contributed by atoms with Crippen molar-refractivity contribution >= 4 is 5.91 Å². The number of nitriles is 1. The fourth-order valence-corrected chi connectivity index (χ4v) is 1.72. The second-order valence-electron chi connectivity index (χ2n) is 4.39. The first-order valence-corrected chi connectivity index (χ1v) is 5.98. The molecule has 96 valence electrons. The summed E-state index contributed by atoms with van der Waals surface area (Å²) in [5.74, 6) is -0.477. The fraction of sp³-hybridized carbons (Fsp3) is 0.429. The highest BCUT2D eigenvalue weighted by atomic mass is 16.3. The molecule has 18 heavy (non-hydrogen) atoms. The highest BCUT2D eigenvalue weighted by Crippen LogP contribution is 2.20. The molecule has 0 bridgehead atoms. The Kier molecular flexibility index (Phi) is 4.73. The number of rotatable bonds is 4. The van der Waals surface area contributed by atoms with Crippen LogP contribution in [0.1, 0.15) is 29.8 Å². The van der Waals surface area contributed by atoms with E-state index in [4.69, 9.17) is 5.26 Å². The minimum absolute atomic E-state index is 0.0198. The summed E-state index contributed by atoms with van der Waals surface area (Å²) in [7, 11) is 0. The summed E-state index contributed by atoms with van der Waals surface area (Å²) >= 11 is 0. The van der Waals surface area contributed by atoms with E-state index in [1.165, 1.54) is 6.07 Å². The Bertz CT molecular complexity index is 477. The van der Waals surface area contributed by atoms with Crippen molar-refractivity contribution in [1.82, 2.24) is 4.90 Å². The molecule has 1 rings (SSSR count). The van der Waals surface area contributed by atoms with Crippen LogP contribution in [-0.2, 0) is 0 Å². The van der Waals surface area contributed by atoms with Gasteiger partial charge >= 0.3 is 0 Å². The van der Waals surface area contributed by atoms with Crippen LogP contribution in [0.3, 0.4) is 0 Å². The van der Waals surface area contributed by atoms with Crippen LogP contribution in [0.5, 0.6) is 5.75 Å². The van der Waals surface area contributed by atoms with E-state index in [9.17, 15) is 9.90 Å². The third kappa shape index (κ3) is 3.24. The molecule has 4 nitrogen and oxygen atoms in total. The lowest BCUT2D eigenvalue weighted by atomic mass is 10.1. The van der Waals surface area contributed by atoms with Gasteiger partial charge in [-0.1, -0.05) is 11.6 Å². The molecule has 4 heteroatoms. The smallest absolute Gasteiger partial charge is 0.257 e. The Balaban J connectivity index is 2.97. The summed E-state index contributed by atoms with van der Waals surface area (Å²) in [4.78, 5) is 13.8. The standard InChI is InChI=1S/C14H18N2O2/c1-4-16(9-11(3)8-15)14(18)12-7-10(2)5-6-13(12)17/h5-7,11,17H,4,9H2,1-3H3. The van der Waals surface area contributed by atoms with Gasteiger partial charge in [-0.25, -0.2) is 0 Å². The zero-order valence-electron chi connectivity index (χ0n) is 11.0. The second kappa shape index (κ2) is 6.06. The molecular formula is C14H18N2O2.